The van der Waals surface area contributed by atoms with E-state index in [1.165, 1.54) is 13.2 Å². The summed E-state index contributed by atoms with van der Waals surface area (Å²) in [6.07, 6.45) is 0. The molecule has 0 aliphatic carbocycles. The lowest BCUT2D eigenvalue weighted by Crippen LogP contribution is -2.39. The number of amides is 1. The third-order valence-electron chi connectivity index (χ3n) is 3.60. The van der Waals surface area contributed by atoms with Gasteiger partial charge < -0.3 is 25.8 Å². The van der Waals surface area contributed by atoms with E-state index in [0.717, 1.165) is 0 Å². The summed E-state index contributed by atoms with van der Waals surface area (Å²) in [5.41, 5.74) is 6.56. The number of aromatic nitrogens is 2. The average molecular weight is 388 g/mol. The molecule has 1 amide bonds. The molecular weight excluding hydrogens is 367 g/mol. The molecule has 0 fully saturated rings. The second-order valence-corrected chi connectivity index (χ2v) is 5.63. The van der Waals surface area contributed by atoms with Crippen LogP contribution in [0.4, 0.5) is 21.8 Å². The third-order valence-corrected chi connectivity index (χ3v) is 3.60. The highest BCUT2D eigenvalue weighted by Gasteiger charge is 2.23. The van der Waals surface area contributed by atoms with Gasteiger partial charge in [0.15, 0.2) is 11.4 Å². The summed E-state index contributed by atoms with van der Waals surface area (Å²) in [5, 5.41) is 15.0. The molecule has 0 aliphatic rings. The van der Waals surface area contributed by atoms with Gasteiger partial charge in [-0.15, -0.1) is 0 Å². The number of halogens is 1. The molecule has 0 saturated carbocycles. The molecule has 0 bridgehead atoms. The molecule has 10 heteroatoms. The van der Waals surface area contributed by atoms with Crippen molar-refractivity contribution in [2.75, 3.05) is 36.7 Å². The number of hydrogen-bond acceptors (Lipinski definition) is 8. The van der Waals surface area contributed by atoms with Crippen LogP contribution in [0.1, 0.15) is 18.1 Å². The van der Waals surface area contributed by atoms with Crippen molar-refractivity contribution in [3.8, 4) is 11.9 Å². The number of benzene rings is 1. The average Bonchev–Trinajstić information content (AvgIpc) is 2.68. The number of nitrogen functional groups attached to an aromatic ring is 1. The van der Waals surface area contributed by atoms with E-state index in [-0.39, 0.29) is 36.4 Å². The van der Waals surface area contributed by atoms with Crippen molar-refractivity contribution in [3.63, 3.8) is 0 Å². The molecule has 148 valence electrons. The van der Waals surface area contributed by atoms with Crippen molar-refractivity contribution in [3.05, 3.63) is 35.4 Å². The number of rotatable bonds is 9. The number of nitrogens with zero attached hydrogens (tertiary/aromatic N) is 3. The Labute approximate surface area is 161 Å². The lowest BCUT2D eigenvalue weighted by molar-refractivity contribution is -0.117. The van der Waals surface area contributed by atoms with Crippen LogP contribution in [-0.2, 0) is 16.2 Å². The van der Waals surface area contributed by atoms with Crippen molar-refractivity contribution in [2.45, 2.75) is 19.6 Å². The minimum absolute atomic E-state index is 0.0179. The minimum atomic E-state index is -0.907. The first-order valence-corrected chi connectivity index (χ1v) is 8.44. The molecule has 1 aromatic heterocycles. The first-order chi connectivity index (χ1) is 13.5. The minimum Gasteiger partial charge on any atom is -0.477 e. The van der Waals surface area contributed by atoms with Gasteiger partial charge in [-0.25, -0.2) is 4.39 Å². The van der Waals surface area contributed by atoms with E-state index in [0.29, 0.717) is 11.3 Å². The standard InChI is InChI=1S/C18H21FN6O3/c1-3-28-17-13(9-20)15(24-18(21)25-17)23-14(10-27-2)16(26)22-12-6-4-5-11(7-12)8-19/h4-7,14H,3,8,10H2,1-2H3,(H,22,26)(H3,21,23,24,25)/t14-/m0/s1. The number of nitrogens with two attached hydrogens (primary N) is 1. The van der Waals surface area contributed by atoms with Crippen LogP contribution in [0.3, 0.4) is 0 Å². The SMILES string of the molecule is CCOc1nc(N)nc(N[C@@H](COC)C(=O)Nc2cccc(CF)c2)c1C#N. The Kier molecular flexibility index (Phi) is 7.47. The summed E-state index contributed by atoms with van der Waals surface area (Å²) in [6.45, 7) is 1.35. The number of carbonyl (C=O) groups excluding carboxylic acids is 1. The number of nitriles is 1. The van der Waals surface area contributed by atoms with Crippen molar-refractivity contribution in [2.24, 2.45) is 0 Å². The van der Waals surface area contributed by atoms with E-state index >= 15 is 0 Å². The van der Waals surface area contributed by atoms with E-state index in [1.807, 2.05) is 6.07 Å². The van der Waals surface area contributed by atoms with Gasteiger partial charge in [-0.3, -0.25) is 4.79 Å². The second kappa shape index (κ2) is 10.0. The summed E-state index contributed by atoms with van der Waals surface area (Å²) in [6, 6.07) is 7.45. The summed E-state index contributed by atoms with van der Waals surface area (Å²) in [5.74, 6) is -0.505. The Balaban J connectivity index is 2.27. The molecule has 0 spiro atoms. The second-order valence-electron chi connectivity index (χ2n) is 5.63. The van der Waals surface area contributed by atoms with Crippen LogP contribution < -0.4 is 21.1 Å². The van der Waals surface area contributed by atoms with Crippen LogP contribution in [0.25, 0.3) is 0 Å². The number of alkyl halides is 1. The van der Waals surface area contributed by atoms with Crippen LogP contribution in [0.5, 0.6) is 5.88 Å². The molecule has 0 aliphatic heterocycles. The lowest BCUT2D eigenvalue weighted by atomic mass is 10.2. The Morgan fingerprint density at radius 2 is 2.21 bits per heavy atom. The third kappa shape index (κ3) is 5.28. The first-order valence-electron chi connectivity index (χ1n) is 8.44. The molecule has 4 N–H and O–H groups in total. The zero-order valence-corrected chi connectivity index (χ0v) is 15.5. The number of hydrogen-bond donors (Lipinski definition) is 3. The van der Waals surface area contributed by atoms with Gasteiger partial charge in [0.1, 0.15) is 18.8 Å². The van der Waals surface area contributed by atoms with Crippen LogP contribution in [0, 0.1) is 11.3 Å². The summed E-state index contributed by atoms with van der Waals surface area (Å²) < 4.78 is 23.2. The zero-order chi connectivity index (χ0) is 20.5. The highest BCUT2D eigenvalue weighted by molar-refractivity contribution is 5.96. The quantitative estimate of drug-likeness (QED) is 0.592. The Morgan fingerprint density at radius 3 is 2.86 bits per heavy atom. The topological polar surface area (TPSA) is 135 Å². The number of carbonyl (C=O) groups is 1. The monoisotopic (exact) mass is 388 g/mol. The van der Waals surface area contributed by atoms with Crippen LogP contribution in [0.15, 0.2) is 24.3 Å². The van der Waals surface area contributed by atoms with E-state index in [2.05, 4.69) is 20.6 Å². The van der Waals surface area contributed by atoms with Gasteiger partial charge in [0.25, 0.3) is 0 Å². The van der Waals surface area contributed by atoms with Crippen molar-refractivity contribution < 1.29 is 18.7 Å². The predicted molar refractivity (Wildman–Crippen MR) is 101 cm³/mol. The number of methoxy groups -OCH3 is 1. The fourth-order valence-corrected chi connectivity index (χ4v) is 2.38. The maximum Gasteiger partial charge on any atom is 0.249 e. The molecule has 1 heterocycles. The van der Waals surface area contributed by atoms with E-state index in [1.54, 1.807) is 25.1 Å². The molecule has 0 radical (unpaired) electrons. The molecule has 0 saturated heterocycles. The molecule has 1 aromatic carbocycles. The molecule has 2 aromatic rings. The van der Waals surface area contributed by atoms with Gasteiger partial charge in [-0.2, -0.15) is 15.2 Å². The largest absolute Gasteiger partial charge is 0.477 e. The molecule has 2 rings (SSSR count). The fraction of sp³-hybridized carbons (Fsp3) is 0.333. The van der Waals surface area contributed by atoms with Gasteiger partial charge in [-0.05, 0) is 24.6 Å². The van der Waals surface area contributed by atoms with Gasteiger partial charge in [0.2, 0.25) is 17.7 Å². The van der Waals surface area contributed by atoms with Crippen LogP contribution >= 0.6 is 0 Å². The van der Waals surface area contributed by atoms with E-state index < -0.39 is 18.6 Å². The number of nitrogens with one attached hydrogen (secondary N) is 2. The molecule has 1 atom stereocenters. The molecule has 9 nitrogen and oxygen atoms in total. The predicted octanol–water partition coefficient (Wildman–Crippen LogP) is 1.86. The Hall–Kier alpha value is -3.45. The van der Waals surface area contributed by atoms with E-state index in [4.69, 9.17) is 15.2 Å². The number of ether oxygens (including phenoxy) is 2. The van der Waals surface area contributed by atoms with Crippen molar-refractivity contribution in [1.82, 2.24) is 9.97 Å². The van der Waals surface area contributed by atoms with Gasteiger partial charge in [-0.1, -0.05) is 12.1 Å². The maximum absolute atomic E-state index is 12.8. The number of anilines is 3. The normalized spacial score (nSPS) is 11.4. The van der Waals surface area contributed by atoms with Crippen molar-refractivity contribution >= 4 is 23.4 Å². The highest BCUT2D eigenvalue weighted by atomic mass is 19.1. The smallest absolute Gasteiger partial charge is 0.249 e. The van der Waals surface area contributed by atoms with E-state index in [9.17, 15) is 14.4 Å². The highest BCUT2D eigenvalue weighted by Crippen LogP contribution is 2.24. The van der Waals surface area contributed by atoms with Gasteiger partial charge in [0, 0.05) is 12.8 Å². The van der Waals surface area contributed by atoms with Crippen LogP contribution in [-0.4, -0.2) is 42.2 Å². The molecular formula is C18H21FN6O3. The fourth-order valence-electron chi connectivity index (χ4n) is 2.38. The summed E-state index contributed by atoms with van der Waals surface area (Å²) >= 11 is 0. The van der Waals surface area contributed by atoms with Crippen LogP contribution in [0.2, 0.25) is 0 Å². The molecule has 28 heavy (non-hydrogen) atoms. The van der Waals surface area contributed by atoms with Gasteiger partial charge >= 0.3 is 0 Å². The van der Waals surface area contributed by atoms with Gasteiger partial charge in [0.05, 0.1) is 13.2 Å². The molecule has 0 unspecified atom stereocenters. The summed E-state index contributed by atoms with van der Waals surface area (Å²) in [7, 11) is 1.43. The Morgan fingerprint density at radius 1 is 1.43 bits per heavy atom. The summed E-state index contributed by atoms with van der Waals surface area (Å²) in [4.78, 5) is 20.6. The first kappa shape index (κ1) is 20.9. The van der Waals surface area contributed by atoms with Crippen molar-refractivity contribution in [1.29, 1.82) is 5.26 Å². The zero-order valence-electron chi connectivity index (χ0n) is 15.5. The maximum atomic E-state index is 12.8. The Bertz CT molecular complexity index is 871. The lowest BCUT2D eigenvalue weighted by Gasteiger charge is -2.19.